The van der Waals surface area contributed by atoms with Crippen molar-refractivity contribution in [3.8, 4) is 5.75 Å². The van der Waals surface area contributed by atoms with Gasteiger partial charge in [-0.15, -0.1) is 0 Å². The lowest BCUT2D eigenvalue weighted by Gasteiger charge is -2.63. The second-order valence-corrected chi connectivity index (χ2v) is 7.80. The molecule has 1 aliphatic carbocycles. The number of nitrogens with zero attached hydrogens (tertiary/aromatic N) is 2. The van der Waals surface area contributed by atoms with Crippen molar-refractivity contribution in [1.29, 1.82) is 0 Å². The fourth-order valence-electron chi connectivity index (χ4n) is 4.42. The molecule has 2 aromatic rings. The van der Waals surface area contributed by atoms with Crippen molar-refractivity contribution < 1.29 is 14.2 Å². The highest BCUT2D eigenvalue weighted by Gasteiger charge is 2.59. The number of hydrogen-bond acceptors (Lipinski definition) is 4. The van der Waals surface area contributed by atoms with Gasteiger partial charge in [0.1, 0.15) is 11.6 Å². The molecule has 1 saturated heterocycles. The van der Waals surface area contributed by atoms with Crippen molar-refractivity contribution in [2.24, 2.45) is 5.41 Å². The second-order valence-electron chi connectivity index (χ2n) is 7.40. The molecule has 0 bridgehead atoms. The van der Waals surface area contributed by atoms with Crippen LogP contribution in [0.3, 0.4) is 0 Å². The van der Waals surface area contributed by atoms with E-state index in [1.807, 2.05) is 6.07 Å². The molecule has 25 heavy (non-hydrogen) atoms. The molecule has 2 fully saturated rings. The van der Waals surface area contributed by atoms with Gasteiger partial charge in [-0.05, 0) is 37.1 Å². The van der Waals surface area contributed by atoms with Crippen LogP contribution in [0.4, 0.5) is 10.1 Å². The molecule has 0 amide bonds. The number of halogens is 2. The summed E-state index contributed by atoms with van der Waals surface area (Å²) < 4.78 is 18.6. The molecule has 1 aromatic carbocycles. The first-order valence-electron chi connectivity index (χ1n) is 8.31. The van der Waals surface area contributed by atoms with E-state index in [0.717, 1.165) is 42.9 Å². The molecular formula is C19H20ClFN2O2. The molecule has 2 heterocycles. The maximum atomic E-state index is 13.3. The molecule has 0 atom stereocenters. The van der Waals surface area contributed by atoms with Gasteiger partial charge in [0, 0.05) is 48.6 Å². The topological polar surface area (TPSA) is 45.6 Å². The minimum atomic E-state index is -0.706. The van der Waals surface area contributed by atoms with Gasteiger partial charge in [-0.2, -0.15) is 0 Å². The molecule has 6 heteroatoms. The van der Waals surface area contributed by atoms with Crippen LogP contribution in [0.5, 0.6) is 5.75 Å². The first kappa shape index (κ1) is 16.6. The molecule has 1 spiro atoms. The number of aromatic nitrogens is 1. The minimum absolute atomic E-state index is 0.144. The fraction of sp³-hybridized carbons (Fsp3) is 0.421. The standard InChI is InChI=1S/C19H20ClFN2O2/c1-25-17-4-5-22-8-13(17)7-19(24)9-18(10-19)11-23(12-18)14-2-3-16(21)15(20)6-14/h2-6,8,24H,7,9-12H2,1H3. The van der Waals surface area contributed by atoms with E-state index in [1.54, 1.807) is 31.6 Å². The van der Waals surface area contributed by atoms with E-state index < -0.39 is 11.4 Å². The summed E-state index contributed by atoms with van der Waals surface area (Å²) in [6.07, 6.45) is 5.50. The number of methoxy groups -OCH3 is 1. The molecule has 0 unspecified atom stereocenters. The van der Waals surface area contributed by atoms with Crippen LogP contribution in [0, 0.1) is 11.2 Å². The van der Waals surface area contributed by atoms with Crippen LogP contribution in [0.15, 0.2) is 36.7 Å². The van der Waals surface area contributed by atoms with E-state index in [4.69, 9.17) is 16.3 Å². The van der Waals surface area contributed by atoms with Crippen molar-refractivity contribution in [3.05, 3.63) is 53.1 Å². The van der Waals surface area contributed by atoms with Crippen LogP contribution in [0.1, 0.15) is 18.4 Å². The van der Waals surface area contributed by atoms with Gasteiger partial charge in [0.2, 0.25) is 0 Å². The normalized spacial score (nSPS) is 20.1. The SMILES string of the molecule is COc1ccncc1CC1(O)CC2(CN(c3ccc(F)c(Cl)c3)C2)C1. The van der Waals surface area contributed by atoms with Crippen molar-refractivity contribution in [2.75, 3.05) is 25.1 Å². The van der Waals surface area contributed by atoms with Crippen LogP contribution < -0.4 is 9.64 Å². The molecule has 1 saturated carbocycles. The van der Waals surface area contributed by atoms with Gasteiger partial charge in [0.25, 0.3) is 0 Å². The molecule has 132 valence electrons. The zero-order valence-electron chi connectivity index (χ0n) is 14.0. The summed E-state index contributed by atoms with van der Waals surface area (Å²) in [5.41, 5.74) is 1.30. The Hall–Kier alpha value is -1.85. The van der Waals surface area contributed by atoms with Crippen molar-refractivity contribution in [2.45, 2.75) is 24.9 Å². The monoisotopic (exact) mass is 362 g/mol. The second kappa shape index (κ2) is 5.85. The summed E-state index contributed by atoms with van der Waals surface area (Å²) in [6, 6.07) is 6.62. The van der Waals surface area contributed by atoms with E-state index >= 15 is 0 Å². The third-order valence-corrected chi connectivity index (χ3v) is 5.62. The maximum absolute atomic E-state index is 13.3. The summed E-state index contributed by atoms with van der Waals surface area (Å²) in [7, 11) is 1.63. The maximum Gasteiger partial charge on any atom is 0.141 e. The average molecular weight is 363 g/mol. The van der Waals surface area contributed by atoms with Crippen LogP contribution >= 0.6 is 11.6 Å². The highest BCUT2D eigenvalue weighted by atomic mass is 35.5. The first-order chi connectivity index (χ1) is 11.9. The predicted octanol–water partition coefficient (Wildman–Crippen LogP) is 3.46. The summed E-state index contributed by atoms with van der Waals surface area (Å²) in [5, 5.41) is 11.0. The number of anilines is 1. The Morgan fingerprint density at radius 1 is 1.32 bits per heavy atom. The molecule has 4 nitrogen and oxygen atoms in total. The van der Waals surface area contributed by atoms with Crippen molar-refractivity contribution in [3.63, 3.8) is 0 Å². The lowest BCUT2D eigenvalue weighted by molar-refractivity contribution is -0.138. The third kappa shape index (κ3) is 2.96. The number of hydrogen-bond donors (Lipinski definition) is 1. The van der Waals surface area contributed by atoms with Gasteiger partial charge in [-0.1, -0.05) is 11.6 Å². The number of ether oxygens (including phenoxy) is 1. The lowest BCUT2D eigenvalue weighted by atomic mass is 9.54. The van der Waals surface area contributed by atoms with Crippen LogP contribution in [-0.2, 0) is 6.42 Å². The average Bonchev–Trinajstić information content (AvgIpc) is 2.53. The summed E-state index contributed by atoms with van der Waals surface area (Å²) in [6.45, 7) is 1.73. The quantitative estimate of drug-likeness (QED) is 0.904. The van der Waals surface area contributed by atoms with E-state index in [1.165, 1.54) is 6.07 Å². The Morgan fingerprint density at radius 3 is 2.76 bits per heavy atom. The summed E-state index contributed by atoms with van der Waals surface area (Å²) in [5.74, 6) is 0.365. The van der Waals surface area contributed by atoms with Gasteiger partial charge >= 0.3 is 0 Å². The number of aliphatic hydroxyl groups is 1. The smallest absolute Gasteiger partial charge is 0.141 e. The molecule has 2 aliphatic rings. The van der Waals surface area contributed by atoms with E-state index in [-0.39, 0.29) is 10.4 Å². The fourth-order valence-corrected chi connectivity index (χ4v) is 4.60. The first-order valence-corrected chi connectivity index (χ1v) is 8.69. The van der Waals surface area contributed by atoms with Gasteiger partial charge in [-0.25, -0.2) is 4.39 Å². The summed E-state index contributed by atoms with van der Waals surface area (Å²) >= 11 is 5.86. The molecule has 1 N–H and O–H groups in total. The summed E-state index contributed by atoms with van der Waals surface area (Å²) in [4.78, 5) is 6.31. The van der Waals surface area contributed by atoms with Gasteiger partial charge in [0.05, 0.1) is 17.7 Å². The Morgan fingerprint density at radius 2 is 2.08 bits per heavy atom. The van der Waals surface area contributed by atoms with Crippen LogP contribution in [-0.4, -0.2) is 35.9 Å². The van der Waals surface area contributed by atoms with E-state index in [0.29, 0.717) is 6.42 Å². The molecular weight excluding hydrogens is 343 g/mol. The zero-order valence-corrected chi connectivity index (χ0v) is 14.8. The molecule has 1 aromatic heterocycles. The zero-order chi connectivity index (χ0) is 17.7. The third-order valence-electron chi connectivity index (χ3n) is 5.33. The van der Waals surface area contributed by atoms with Gasteiger partial charge in [-0.3, -0.25) is 4.98 Å². The van der Waals surface area contributed by atoms with Gasteiger partial charge in [0.15, 0.2) is 0 Å². The molecule has 1 aliphatic heterocycles. The Kier molecular flexibility index (Phi) is 3.89. The highest BCUT2D eigenvalue weighted by molar-refractivity contribution is 6.31. The molecule has 0 radical (unpaired) electrons. The van der Waals surface area contributed by atoms with Crippen molar-refractivity contribution >= 4 is 17.3 Å². The highest BCUT2D eigenvalue weighted by Crippen LogP contribution is 2.56. The largest absolute Gasteiger partial charge is 0.496 e. The Balaban J connectivity index is 1.38. The number of pyridine rings is 1. The van der Waals surface area contributed by atoms with Crippen molar-refractivity contribution in [1.82, 2.24) is 4.98 Å². The Bertz CT molecular complexity index is 800. The lowest BCUT2D eigenvalue weighted by Crippen LogP contribution is -2.68. The number of rotatable bonds is 4. The number of benzene rings is 1. The predicted molar refractivity (Wildman–Crippen MR) is 94.7 cm³/mol. The van der Waals surface area contributed by atoms with Gasteiger partial charge < -0.3 is 14.7 Å². The molecule has 4 rings (SSSR count). The minimum Gasteiger partial charge on any atom is -0.496 e. The van der Waals surface area contributed by atoms with E-state index in [2.05, 4.69) is 9.88 Å². The van der Waals surface area contributed by atoms with Crippen LogP contribution in [0.2, 0.25) is 5.02 Å². The Labute approximate surface area is 151 Å². The van der Waals surface area contributed by atoms with Crippen LogP contribution in [0.25, 0.3) is 0 Å². The van der Waals surface area contributed by atoms with E-state index in [9.17, 15) is 9.50 Å².